The second-order valence-electron chi connectivity index (χ2n) is 6.03. The van der Waals surface area contributed by atoms with Crippen LogP contribution >= 0.6 is 11.8 Å². The topological polar surface area (TPSA) is 0 Å². The number of thioether (sulfide) groups is 1. The van der Waals surface area contributed by atoms with Gasteiger partial charge in [-0.05, 0) is 57.3 Å². The van der Waals surface area contributed by atoms with Crippen LogP contribution in [0.25, 0.3) is 0 Å². The van der Waals surface area contributed by atoms with Crippen molar-refractivity contribution < 1.29 is 13.2 Å². The van der Waals surface area contributed by atoms with Gasteiger partial charge in [-0.25, -0.2) is 0 Å². The summed E-state index contributed by atoms with van der Waals surface area (Å²) in [7, 11) is 0. The summed E-state index contributed by atoms with van der Waals surface area (Å²) in [6.45, 7) is 2.30. The van der Waals surface area contributed by atoms with Crippen molar-refractivity contribution in [3.8, 4) is 0 Å². The number of halogens is 3. The molecule has 0 N–H and O–H groups in total. The van der Waals surface area contributed by atoms with Crippen LogP contribution in [-0.2, 0) is 0 Å². The van der Waals surface area contributed by atoms with Gasteiger partial charge in [-0.1, -0.05) is 6.92 Å². The van der Waals surface area contributed by atoms with E-state index in [-0.39, 0.29) is 0 Å². The van der Waals surface area contributed by atoms with Gasteiger partial charge in [-0.15, -0.1) is 0 Å². The Labute approximate surface area is 112 Å². The first kappa shape index (κ1) is 14.5. The Morgan fingerprint density at radius 2 is 1.22 bits per heavy atom. The van der Waals surface area contributed by atoms with Gasteiger partial charge in [0.2, 0.25) is 0 Å². The Bertz CT molecular complexity index is 248. The van der Waals surface area contributed by atoms with E-state index in [4.69, 9.17) is 0 Å². The van der Waals surface area contributed by atoms with Crippen LogP contribution in [-0.4, -0.2) is 16.7 Å². The molecule has 0 saturated heterocycles. The van der Waals surface area contributed by atoms with E-state index in [2.05, 4.69) is 6.92 Å². The summed E-state index contributed by atoms with van der Waals surface area (Å²) in [4.78, 5) is 0. The van der Waals surface area contributed by atoms with Crippen LogP contribution in [0.5, 0.6) is 0 Å². The summed E-state index contributed by atoms with van der Waals surface area (Å²) < 4.78 is 37.7. The molecule has 106 valence electrons. The van der Waals surface area contributed by atoms with Gasteiger partial charge in [0.25, 0.3) is 0 Å². The predicted molar refractivity (Wildman–Crippen MR) is 70.8 cm³/mol. The first-order valence-corrected chi connectivity index (χ1v) is 8.11. The van der Waals surface area contributed by atoms with Gasteiger partial charge in [0, 0.05) is 10.5 Å². The van der Waals surface area contributed by atoms with Crippen molar-refractivity contribution in [3.05, 3.63) is 0 Å². The minimum atomic E-state index is -3.96. The largest absolute Gasteiger partial charge is 0.391 e. The van der Waals surface area contributed by atoms with Crippen molar-refractivity contribution in [1.82, 2.24) is 0 Å². The molecule has 0 spiro atoms. The third kappa shape index (κ3) is 4.07. The summed E-state index contributed by atoms with van der Waals surface area (Å²) in [6, 6.07) is 0. The molecule has 0 bridgehead atoms. The second kappa shape index (κ2) is 6.06. The van der Waals surface area contributed by atoms with Crippen molar-refractivity contribution in [2.45, 2.75) is 75.0 Å². The average molecular weight is 280 g/mol. The zero-order valence-electron chi connectivity index (χ0n) is 11.0. The minimum Gasteiger partial charge on any atom is -0.171 e. The van der Waals surface area contributed by atoms with Crippen molar-refractivity contribution in [2.24, 2.45) is 11.8 Å². The lowest BCUT2D eigenvalue weighted by Gasteiger charge is -2.33. The molecule has 0 nitrogen and oxygen atoms in total. The molecule has 2 fully saturated rings. The summed E-state index contributed by atoms with van der Waals surface area (Å²) in [5, 5.41) is 1.20. The smallest absolute Gasteiger partial charge is 0.171 e. The Kier molecular flexibility index (Phi) is 4.90. The molecule has 2 saturated carbocycles. The normalized spacial score (nSPS) is 38.7. The molecule has 0 aromatic heterocycles. The highest BCUT2D eigenvalue weighted by Gasteiger charge is 2.41. The summed E-state index contributed by atoms with van der Waals surface area (Å²) >= 11 is 1.99. The molecule has 0 unspecified atom stereocenters. The number of hydrogen-bond acceptors (Lipinski definition) is 1. The Hall–Kier alpha value is 0.140. The minimum absolute atomic E-state index is 0.351. The third-order valence-corrected chi connectivity index (χ3v) is 6.20. The quantitative estimate of drug-likeness (QED) is 0.651. The first-order chi connectivity index (χ1) is 8.45. The van der Waals surface area contributed by atoms with Gasteiger partial charge in [-0.3, -0.25) is 0 Å². The number of hydrogen-bond donors (Lipinski definition) is 0. The summed E-state index contributed by atoms with van der Waals surface area (Å²) in [5.41, 5.74) is 0. The highest BCUT2D eigenvalue weighted by molar-refractivity contribution is 8.00. The number of alkyl halides is 3. The van der Waals surface area contributed by atoms with Crippen molar-refractivity contribution in [1.29, 1.82) is 0 Å². The molecule has 0 atom stereocenters. The Balaban J connectivity index is 1.70. The third-order valence-electron chi connectivity index (χ3n) is 4.48. The molecule has 2 aliphatic carbocycles. The molecule has 0 radical (unpaired) electrons. The second-order valence-corrected chi connectivity index (χ2v) is 7.64. The van der Waals surface area contributed by atoms with E-state index >= 15 is 0 Å². The zero-order chi connectivity index (χ0) is 13.2. The first-order valence-electron chi connectivity index (χ1n) is 7.17. The Morgan fingerprint density at radius 1 is 0.778 bits per heavy atom. The van der Waals surface area contributed by atoms with Crippen LogP contribution in [0.2, 0.25) is 0 Å². The standard InChI is InChI=1S/C14H23F3S/c1-10-2-6-12(7-3-10)18-13-8-4-11(5-9-13)14(15,16)17/h10-13H,2-9H2,1H3. The SMILES string of the molecule is CC1CCC(SC2CCC(C(F)(F)F)CC2)CC1. The van der Waals surface area contributed by atoms with Crippen molar-refractivity contribution in [3.63, 3.8) is 0 Å². The van der Waals surface area contributed by atoms with Gasteiger partial charge >= 0.3 is 6.18 Å². The fourth-order valence-corrected chi connectivity index (χ4v) is 4.80. The predicted octanol–water partition coefficient (Wildman–Crippen LogP) is 5.42. The molecule has 18 heavy (non-hydrogen) atoms. The van der Waals surface area contributed by atoms with Gasteiger partial charge in [0.1, 0.15) is 0 Å². The van der Waals surface area contributed by atoms with E-state index in [0.29, 0.717) is 23.3 Å². The summed E-state index contributed by atoms with van der Waals surface area (Å²) in [5.74, 6) is -0.177. The van der Waals surface area contributed by atoms with Gasteiger partial charge < -0.3 is 0 Å². The molecular formula is C14H23F3S. The maximum atomic E-state index is 12.6. The maximum absolute atomic E-state index is 12.6. The molecule has 2 aliphatic rings. The lowest BCUT2D eigenvalue weighted by Crippen LogP contribution is -2.29. The van der Waals surface area contributed by atoms with Crippen LogP contribution in [0.1, 0.15) is 58.3 Å². The van der Waals surface area contributed by atoms with E-state index < -0.39 is 12.1 Å². The monoisotopic (exact) mass is 280 g/mol. The van der Waals surface area contributed by atoms with Crippen LogP contribution < -0.4 is 0 Å². The molecular weight excluding hydrogens is 257 g/mol. The van der Waals surface area contributed by atoms with Gasteiger partial charge in [-0.2, -0.15) is 24.9 Å². The fourth-order valence-electron chi connectivity index (χ4n) is 3.16. The maximum Gasteiger partial charge on any atom is 0.391 e. The van der Waals surface area contributed by atoms with Gasteiger partial charge in [0.05, 0.1) is 5.92 Å². The van der Waals surface area contributed by atoms with E-state index in [1.54, 1.807) is 0 Å². The van der Waals surface area contributed by atoms with Crippen molar-refractivity contribution >= 4 is 11.8 Å². The molecule has 2 rings (SSSR count). The van der Waals surface area contributed by atoms with Crippen molar-refractivity contribution in [2.75, 3.05) is 0 Å². The van der Waals surface area contributed by atoms with Crippen LogP contribution in [0, 0.1) is 11.8 Å². The van der Waals surface area contributed by atoms with Crippen LogP contribution in [0.4, 0.5) is 13.2 Å². The highest BCUT2D eigenvalue weighted by atomic mass is 32.2. The molecule has 0 aromatic carbocycles. The number of rotatable bonds is 2. The molecule has 4 heteroatoms. The fraction of sp³-hybridized carbons (Fsp3) is 1.00. The highest BCUT2D eigenvalue weighted by Crippen LogP contribution is 2.43. The molecule has 0 heterocycles. The summed E-state index contributed by atoms with van der Waals surface area (Å²) in [6.07, 6.45) is 3.41. The molecule has 0 aliphatic heterocycles. The van der Waals surface area contributed by atoms with Crippen LogP contribution in [0.15, 0.2) is 0 Å². The van der Waals surface area contributed by atoms with E-state index in [1.807, 2.05) is 11.8 Å². The van der Waals surface area contributed by atoms with Gasteiger partial charge in [0.15, 0.2) is 0 Å². The van der Waals surface area contributed by atoms with Crippen LogP contribution in [0.3, 0.4) is 0 Å². The molecule has 0 aromatic rings. The lowest BCUT2D eigenvalue weighted by atomic mass is 9.88. The zero-order valence-corrected chi connectivity index (χ0v) is 11.8. The van der Waals surface area contributed by atoms with E-state index in [9.17, 15) is 13.2 Å². The Morgan fingerprint density at radius 3 is 1.67 bits per heavy atom. The van der Waals surface area contributed by atoms with E-state index in [1.165, 1.54) is 25.7 Å². The lowest BCUT2D eigenvalue weighted by molar-refractivity contribution is -0.181. The average Bonchev–Trinajstić information content (AvgIpc) is 2.32. The molecule has 0 amide bonds. The van der Waals surface area contributed by atoms with E-state index in [0.717, 1.165) is 18.8 Å².